The Morgan fingerprint density at radius 3 is 2.50 bits per heavy atom. The Hall–Kier alpha value is -0.820. The number of nitrogens with one attached hydrogen (secondary N) is 1. The Morgan fingerprint density at radius 2 is 1.89 bits per heavy atom. The van der Waals surface area contributed by atoms with Crippen LogP contribution < -0.4 is 5.32 Å². The maximum absolute atomic E-state index is 3.65. The molecular weight excluding hydrogens is 218 g/mol. The van der Waals surface area contributed by atoms with Crippen LogP contribution in [0.25, 0.3) is 0 Å². The van der Waals surface area contributed by atoms with Crippen LogP contribution >= 0.6 is 0 Å². The lowest BCUT2D eigenvalue weighted by atomic mass is 9.81. The summed E-state index contributed by atoms with van der Waals surface area (Å²) in [6.07, 6.45) is 2.77. The molecule has 2 rings (SSSR count). The lowest BCUT2D eigenvalue weighted by Crippen LogP contribution is -2.33. The van der Waals surface area contributed by atoms with Crippen molar-refractivity contribution in [2.45, 2.75) is 53.0 Å². The molecule has 100 valence electrons. The zero-order valence-corrected chi connectivity index (χ0v) is 12.3. The van der Waals surface area contributed by atoms with Crippen LogP contribution in [-0.4, -0.2) is 6.54 Å². The van der Waals surface area contributed by atoms with Crippen LogP contribution in [0.4, 0.5) is 0 Å². The zero-order valence-electron chi connectivity index (χ0n) is 12.3. The molecule has 1 N–H and O–H groups in total. The second kappa shape index (κ2) is 5.44. The van der Waals surface area contributed by atoms with E-state index in [9.17, 15) is 0 Å². The molecule has 1 aromatic carbocycles. The molecule has 0 heterocycles. The molecule has 0 unspecified atom stereocenters. The third-order valence-corrected chi connectivity index (χ3v) is 4.53. The molecule has 0 spiro atoms. The predicted molar refractivity (Wildman–Crippen MR) is 78.7 cm³/mol. The summed E-state index contributed by atoms with van der Waals surface area (Å²) in [5.41, 5.74) is 3.45. The summed E-state index contributed by atoms with van der Waals surface area (Å²) < 4.78 is 0. The van der Waals surface area contributed by atoms with Gasteiger partial charge in [-0.25, -0.2) is 0 Å². The molecular formula is C17H27N. The molecule has 1 saturated carbocycles. The highest BCUT2D eigenvalue weighted by molar-refractivity contribution is 5.33. The summed E-state index contributed by atoms with van der Waals surface area (Å²) in [5.74, 6) is 1.56. The van der Waals surface area contributed by atoms with Gasteiger partial charge < -0.3 is 5.32 Å². The summed E-state index contributed by atoms with van der Waals surface area (Å²) in [4.78, 5) is 0. The first-order valence-electron chi connectivity index (χ1n) is 7.29. The lowest BCUT2D eigenvalue weighted by molar-refractivity contribution is 0.238. The highest BCUT2D eigenvalue weighted by Gasteiger charge is 2.26. The van der Waals surface area contributed by atoms with Gasteiger partial charge in [-0.05, 0) is 41.2 Å². The van der Waals surface area contributed by atoms with Crippen LogP contribution in [0.1, 0.15) is 57.6 Å². The summed E-state index contributed by atoms with van der Waals surface area (Å²) in [5, 5.41) is 3.65. The van der Waals surface area contributed by atoms with E-state index in [4.69, 9.17) is 0 Å². The van der Waals surface area contributed by atoms with Crippen molar-refractivity contribution < 1.29 is 0 Å². The summed E-state index contributed by atoms with van der Waals surface area (Å²) in [6.45, 7) is 11.4. The van der Waals surface area contributed by atoms with Gasteiger partial charge >= 0.3 is 0 Å². The van der Waals surface area contributed by atoms with Crippen molar-refractivity contribution >= 4 is 0 Å². The zero-order chi connectivity index (χ0) is 13.2. The fourth-order valence-electron chi connectivity index (χ4n) is 2.21. The SMILES string of the molecule is CC(C)C(C)(C)CNCc1ccccc1C1CC1. The van der Waals surface area contributed by atoms with Crippen LogP contribution in [0.2, 0.25) is 0 Å². The average Bonchev–Trinajstić information content (AvgIpc) is 3.13. The van der Waals surface area contributed by atoms with E-state index >= 15 is 0 Å². The van der Waals surface area contributed by atoms with E-state index in [0.29, 0.717) is 11.3 Å². The Labute approximate surface area is 112 Å². The Balaban J connectivity index is 1.90. The quantitative estimate of drug-likeness (QED) is 0.786. The fraction of sp³-hybridized carbons (Fsp3) is 0.647. The average molecular weight is 245 g/mol. The summed E-state index contributed by atoms with van der Waals surface area (Å²) >= 11 is 0. The molecule has 0 bridgehead atoms. The normalized spacial score (nSPS) is 16.3. The molecule has 1 heteroatoms. The Bertz CT molecular complexity index is 388. The maximum atomic E-state index is 3.65. The lowest BCUT2D eigenvalue weighted by Gasteiger charge is -2.29. The molecule has 0 saturated heterocycles. The molecule has 1 fully saturated rings. The van der Waals surface area contributed by atoms with E-state index in [1.165, 1.54) is 18.4 Å². The molecule has 1 nitrogen and oxygen atoms in total. The highest BCUT2D eigenvalue weighted by Crippen LogP contribution is 2.41. The van der Waals surface area contributed by atoms with Crippen molar-refractivity contribution in [3.05, 3.63) is 35.4 Å². The van der Waals surface area contributed by atoms with Gasteiger partial charge in [-0.15, -0.1) is 0 Å². The third-order valence-electron chi connectivity index (χ3n) is 4.53. The summed E-state index contributed by atoms with van der Waals surface area (Å²) in [6, 6.07) is 8.93. The topological polar surface area (TPSA) is 12.0 Å². The van der Waals surface area contributed by atoms with Crippen molar-refractivity contribution in [2.75, 3.05) is 6.54 Å². The van der Waals surface area contributed by atoms with Gasteiger partial charge in [0, 0.05) is 13.1 Å². The van der Waals surface area contributed by atoms with Crippen LogP contribution in [0.5, 0.6) is 0 Å². The van der Waals surface area contributed by atoms with Gasteiger partial charge in [0.25, 0.3) is 0 Å². The van der Waals surface area contributed by atoms with Crippen molar-refractivity contribution in [3.8, 4) is 0 Å². The number of hydrogen-bond acceptors (Lipinski definition) is 1. The monoisotopic (exact) mass is 245 g/mol. The first-order valence-corrected chi connectivity index (χ1v) is 7.29. The largest absolute Gasteiger partial charge is 0.312 e. The van der Waals surface area contributed by atoms with Gasteiger partial charge in [0.1, 0.15) is 0 Å². The van der Waals surface area contributed by atoms with Crippen LogP contribution in [0, 0.1) is 11.3 Å². The van der Waals surface area contributed by atoms with E-state index in [1.54, 1.807) is 5.56 Å². The molecule has 1 aliphatic rings. The smallest absolute Gasteiger partial charge is 0.0208 e. The first kappa shape index (κ1) is 13.6. The molecule has 1 aliphatic carbocycles. The van der Waals surface area contributed by atoms with E-state index in [-0.39, 0.29) is 0 Å². The number of benzene rings is 1. The van der Waals surface area contributed by atoms with Crippen molar-refractivity contribution in [2.24, 2.45) is 11.3 Å². The second-order valence-corrected chi connectivity index (χ2v) is 6.72. The Kier molecular flexibility index (Phi) is 4.11. The van der Waals surface area contributed by atoms with Gasteiger partial charge in [0.15, 0.2) is 0 Å². The van der Waals surface area contributed by atoms with Gasteiger partial charge in [0.2, 0.25) is 0 Å². The van der Waals surface area contributed by atoms with Crippen LogP contribution in [0.3, 0.4) is 0 Å². The third kappa shape index (κ3) is 3.35. The summed E-state index contributed by atoms with van der Waals surface area (Å²) in [7, 11) is 0. The van der Waals surface area contributed by atoms with E-state index in [0.717, 1.165) is 19.0 Å². The molecule has 0 aliphatic heterocycles. The van der Waals surface area contributed by atoms with Gasteiger partial charge in [0.05, 0.1) is 0 Å². The van der Waals surface area contributed by atoms with E-state index in [1.807, 2.05) is 0 Å². The molecule has 0 aromatic heterocycles. The standard InChI is InChI=1S/C17H27N/c1-13(2)17(3,4)12-18-11-15-7-5-6-8-16(15)14-9-10-14/h5-8,13-14,18H,9-12H2,1-4H3. The fourth-order valence-corrected chi connectivity index (χ4v) is 2.21. The molecule has 0 atom stereocenters. The highest BCUT2D eigenvalue weighted by atomic mass is 14.9. The molecule has 0 radical (unpaired) electrons. The minimum Gasteiger partial charge on any atom is -0.312 e. The maximum Gasteiger partial charge on any atom is 0.0208 e. The number of hydrogen-bond donors (Lipinski definition) is 1. The van der Waals surface area contributed by atoms with Crippen LogP contribution in [-0.2, 0) is 6.54 Å². The molecule has 0 amide bonds. The van der Waals surface area contributed by atoms with E-state index in [2.05, 4.69) is 57.3 Å². The molecule has 18 heavy (non-hydrogen) atoms. The second-order valence-electron chi connectivity index (χ2n) is 6.72. The van der Waals surface area contributed by atoms with Crippen molar-refractivity contribution in [1.29, 1.82) is 0 Å². The van der Waals surface area contributed by atoms with Gasteiger partial charge in [-0.1, -0.05) is 52.0 Å². The van der Waals surface area contributed by atoms with Crippen molar-refractivity contribution in [1.82, 2.24) is 5.32 Å². The van der Waals surface area contributed by atoms with E-state index < -0.39 is 0 Å². The van der Waals surface area contributed by atoms with Gasteiger partial charge in [-0.3, -0.25) is 0 Å². The van der Waals surface area contributed by atoms with Crippen LogP contribution in [0.15, 0.2) is 24.3 Å². The van der Waals surface area contributed by atoms with Gasteiger partial charge in [-0.2, -0.15) is 0 Å². The first-order chi connectivity index (χ1) is 8.50. The minimum atomic E-state index is 0.370. The number of rotatable bonds is 6. The minimum absolute atomic E-state index is 0.370. The predicted octanol–water partition coefficient (Wildman–Crippen LogP) is 4.34. The Morgan fingerprint density at radius 1 is 1.22 bits per heavy atom. The van der Waals surface area contributed by atoms with Crippen molar-refractivity contribution in [3.63, 3.8) is 0 Å². The molecule has 1 aromatic rings.